The fourth-order valence-electron chi connectivity index (χ4n) is 3.68. The van der Waals surface area contributed by atoms with Crippen molar-refractivity contribution in [3.05, 3.63) is 63.8 Å². The lowest BCUT2D eigenvalue weighted by atomic mass is 9.96. The number of hydrogen-bond acceptors (Lipinski definition) is 4. The predicted octanol–water partition coefficient (Wildman–Crippen LogP) is 4.22. The molecule has 2 unspecified atom stereocenters. The molecule has 3 rings (SSSR count). The van der Waals surface area contributed by atoms with Crippen molar-refractivity contribution in [3.8, 4) is 5.75 Å². The number of benzene rings is 2. The van der Waals surface area contributed by atoms with E-state index in [0.29, 0.717) is 0 Å². The van der Waals surface area contributed by atoms with E-state index in [2.05, 4.69) is 5.32 Å². The molecule has 0 spiro atoms. The summed E-state index contributed by atoms with van der Waals surface area (Å²) in [6, 6.07) is 6.81. The van der Waals surface area contributed by atoms with Crippen LogP contribution in [-0.2, 0) is 9.59 Å². The third-order valence-electron chi connectivity index (χ3n) is 5.51. The Balaban J connectivity index is 2.18. The van der Waals surface area contributed by atoms with E-state index in [4.69, 9.17) is 16.7 Å². The van der Waals surface area contributed by atoms with Gasteiger partial charge in [-0.05, 0) is 37.6 Å². The summed E-state index contributed by atoms with van der Waals surface area (Å²) in [4.78, 5) is 37.0. The third kappa shape index (κ3) is 4.41. The molecule has 0 saturated heterocycles. The van der Waals surface area contributed by atoms with Gasteiger partial charge < -0.3 is 15.5 Å². The minimum Gasteiger partial charge on any atom is -0.503 e. The maximum absolute atomic E-state index is 15.0. The molecule has 2 aromatic carbocycles. The van der Waals surface area contributed by atoms with Crippen LogP contribution in [0, 0.1) is 24.5 Å². The molecule has 3 N–H and O–H groups in total. The van der Waals surface area contributed by atoms with E-state index < -0.39 is 47.0 Å². The molecule has 33 heavy (non-hydrogen) atoms. The second-order valence-electron chi connectivity index (χ2n) is 7.77. The van der Waals surface area contributed by atoms with Gasteiger partial charge in [-0.3, -0.25) is 19.0 Å². The fourth-order valence-corrected chi connectivity index (χ4v) is 3.87. The molecule has 10 heteroatoms. The van der Waals surface area contributed by atoms with Gasteiger partial charge in [0.15, 0.2) is 17.4 Å². The number of nitrogens with one attached hydrogen (secondary N) is 1. The largest absolute Gasteiger partial charge is 0.503 e. The molecule has 1 aromatic heterocycles. The summed E-state index contributed by atoms with van der Waals surface area (Å²) in [5.74, 6) is -8.08. The first-order valence-corrected chi connectivity index (χ1v) is 10.4. The van der Waals surface area contributed by atoms with Crippen LogP contribution in [-0.4, -0.2) is 39.1 Å². The van der Waals surface area contributed by atoms with E-state index in [9.17, 15) is 23.9 Å². The number of carbonyl (C=O) groups excluding carboxylic acids is 2. The summed E-state index contributed by atoms with van der Waals surface area (Å²) in [6.45, 7) is 4.15. The average molecular weight is 479 g/mol. The second kappa shape index (κ2) is 9.19. The summed E-state index contributed by atoms with van der Waals surface area (Å²) < 4.78 is 30.3. The number of rotatable bonds is 6. The third-order valence-corrected chi connectivity index (χ3v) is 5.75. The Bertz CT molecular complexity index is 1290. The van der Waals surface area contributed by atoms with Gasteiger partial charge in [-0.2, -0.15) is 0 Å². The summed E-state index contributed by atoms with van der Waals surface area (Å²) in [6.07, 6.45) is 0. The highest BCUT2D eigenvalue weighted by Crippen LogP contribution is 2.38. The van der Waals surface area contributed by atoms with Crippen LogP contribution in [0.3, 0.4) is 0 Å². The molecule has 1 heterocycles. The zero-order valence-electron chi connectivity index (χ0n) is 17.9. The normalized spacial score (nSPS) is 13.0. The van der Waals surface area contributed by atoms with Crippen molar-refractivity contribution in [1.82, 2.24) is 9.88 Å². The van der Waals surface area contributed by atoms with Gasteiger partial charge in [-0.1, -0.05) is 24.6 Å². The maximum Gasteiger partial charge on any atom is 0.308 e. The van der Waals surface area contributed by atoms with Gasteiger partial charge in [0, 0.05) is 34.3 Å². The van der Waals surface area contributed by atoms with E-state index in [0.717, 1.165) is 10.6 Å². The number of aromatic nitrogens is 1. The Morgan fingerprint density at radius 3 is 2.45 bits per heavy atom. The molecule has 0 radical (unpaired) electrons. The van der Waals surface area contributed by atoms with Crippen LogP contribution in [0.2, 0.25) is 5.02 Å². The number of halogens is 3. The zero-order valence-corrected chi connectivity index (χ0v) is 18.7. The lowest BCUT2D eigenvalue weighted by molar-refractivity contribution is -0.141. The van der Waals surface area contributed by atoms with Crippen LogP contribution in [0.1, 0.15) is 41.4 Å². The van der Waals surface area contributed by atoms with Gasteiger partial charge >= 0.3 is 5.97 Å². The lowest BCUT2D eigenvalue weighted by Gasteiger charge is -2.15. The van der Waals surface area contributed by atoms with Crippen molar-refractivity contribution in [2.75, 3.05) is 6.54 Å². The van der Waals surface area contributed by atoms with Gasteiger partial charge in [0.05, 0.1) is 17.4 Å². The number of nitrogens with zero attached hydrogens (tertiary/aromatic N) is 1. The first kappa shape index (κ1) is 24.2. The lowest BCUT2D eigenvalue weighted by Crippen LogP contribution is -2.34. The fraction of sp³-hybridized carbons (Fsp3) is 0.261. The van der Waals surface area contributed by atoms with E-state index in [1.807, 2.05) is 0 Å². The number of fused-ring (bicyclic) bond motifs is 1. The van der Waals surface area contributed by atoms with Gasteiger partial charge in [-0.25, -0.2) is 8.78 Å². The van der Waals surface area contributed by atoms with Crippen molar-refractivity contribution in [1.29, 1.82) is 0 Å². The molecule has 2 atom stereocenters. The van der Waals surface area contributed by atoms with Crippen LogP contribution in [0.5, 0.6) is 5.75 Å². The summed E-state index contributed by atoms with van der Waals surface area (Å²) in [7, 11) is 0. The monoisotopic (exact) mass is 478 g/mol. The summed E-state index contributed by atoms with van der Waals surface area (Å²) >= 11 is 5.98. The number of aromatic hydroxyl groups is 1. The van der Waals surface area contributed by atoms with Crippen LogP contribution in [0.15, 0.2) is 30.3 Å². The highest BCUT2D eigenvalue weighted by molar-refractivity contribution is 6.31. The van der Waals surface area contributed by atoms with E-state index >= 15 is 4.39 Å². The molecule has 0 aliphatic heterocycles. The SMILES string of the molecule is Cc1c(C(C)C(=O)NCC(C)C(=O)O)c2c(F)c(O)c(F)cc2n1C(=O)c1cccc(Cl)c1. The van der Waals surface area contributed by atoms with E-state index in [1.165, 1.54) is 32.9 Å². The first-order chi connectivity index (χ1) is 15.5. The standard InChI is InChI=1S/C23H21ClF2N2O5/c1-10(23(32)33)9-27-21(30)11(2)17-12(3)28(22(31)13-5-4-6-14(24)7-13)16-8-15(25)20(29)19(26)18(16)17/h4-8,10-11,29H,9H2,1-3H3,(H,27,30)(H,32,33). The first-order valence-electron chi connectivity index (χ1n) is 9.98. The van der Waals surface area contributed by atoms with Crippen molar-refractivity contribution < 1.29 is 33.4 Å². The Morgan fingerprint density at radius 1 is 1.18 bits per heavy atom. The topological polar surface area (TPSA) is 109 Å². The Hall–Kier alpha value is -3.46. The molecule has 0 aliphatic carbocycles. The number of hydrogen-bond donors (Lipinski definition) is 3. The van der Waals surface area contributed by atoms with Crippen molar-refractivity contribution in [3.63, 3.8) is 0 Å². The number of phenols is 1. The highest BCUT2D eigenvalue weighted by Gasteiger charge is 2.31. The minimum absolute atomic E-state index is 0.0636. The zero-order chi connectivity index (χ0) is 24.6. The van der Waals surface area contributed by atoms with Gasteiger partial charge in [0.1, 0.15) is 0 Å². The minimum atomic E-state index is -1.31. The van der Waals surface area contributed by atoms with E-state index in [1.54, 1.807) is 12.1 Å². The van der Waals surface area contributed by atoms with Crippen LogP contribution >= 0.6 is 11.6 Å². The van der Waals surface area contributed by atoms with Crippen LogP contribution in [0.4, 0.5) is 8.78 Å². The number of amides is 1. The molecular weight excluding hydrogens is 458 g/mol. The smallest absolute Gasteiger partial charge is 0.308 e. The molecule has 3 aromatic rings. The Labute approximate surface area is 192 Å². The highest BCUT2D eigenvalue weighted by atomic mass is 35.5. The summed E-state index contributed by atoms with van der Waals surface area (Å²) in [5, 5.41) is 21.3. The van der Waals surface area contributed by atoms with Gasteiger partial charge in [0.25, 0.3) is 5.91 Å². The number of phenolic OH excluding ortho intramolecular Hbond substituents is 1. The Morgan fingerprint density at radius 2 is 1.85 bits per heavy atom. The molecule has 0 saturated carbocycles. The number of aliphatic carboxylic acids is 1. The molecule has 1 amide bonds. The maximum atomic E-state index is 15.0. The van der Waals surface area contributed by atoms with Crippen LogP contribution in [0.25, 0.3) is 10.9 Å². The number of carbonyl (C=O) groups is 3. The second-order valence-corrected chi connectivity index (χ2v) is 8.21. The Kier molecular flexibility index (Phi) is 6.73. The van der Waals surface area contributed by atoms with Crippen molar-refractivity contribution in [2.24, 2.45) is 5.92 Å². The molecule has 7 nitrogen and oxygen atoms in total. The molecular formula is C23H21ClF2N2O5. The number of carboxylic acid groups (broad SMARTS) is 1. The van der Waals surface area contributed by atoms with Gasteiger partial charge in [0.2, 0.25) is 5.91 Å². The molecule has 174 valence electrons. The van der Waals surface area contributed by atoms with Crippen molar-refractivity contribution in [2.45, 2.75) is 26.7 Å². The molecule has 0 aliphatic rings. The van der Waals surface area contributed by atoms with Crippen molar-refractivity contribution >= 4 is 40.3 Å². The quantitative estimate of drug-likeness (QED) is 0.491. The summed E-state index contributed by atoms with van der Waals surface area (Å²) in [5.41, 5.74) is 0.204. The van der Waals surface area contributed by atoms with E-state index in [-0.39, 0.29) is 39.3 Å². The molecule has 0 fully saturated rings. The van der Waals surface area contributed by atoms with Gasteiger partial charge in [-0.15, -0.1) is 0 Å². The molecule has 0 bridgehead atoms. The number of carboxylic acids is 1. The average Bonchev–Trinajstić information content (AvgIpc) is 3.06. The predicted molar refractivity (Wildman–Crippen MR) is 118 cm³/mol. The van der Waals surface area contributed by atoms with Crippen LogP contribution < -0.4 is 5.32 Å².